The minimum absolute atomic E-state index is 0.111. The fourth-order valence-corrected chi connectivity index (χ4v) is 15.6. The van der Waals surface area contributed by atoms with E-state index >= 15 is 0 Å². The van der Waals surface area contributed by atoms with E-state index in [1.807, 2.05) is 77.3 Å². The van der Waals surface area contributed by atoms with Crippen molar-refractivity contribution in [3.05, 3.63) is 163 Å². The Kier molecular flexibility index (Phi) is 21.4. The number of carbonyl (C=O) groups is 3. The van der Waals surface area contributed by atoms with Crippen molar-refractivity contribution < 1.29 is 35.6 Å². The molecule has 23 heteroatoms. The van der Waals surface area contributed by atoms with Crippen molar-refractivity contribution in [2.75, 3.05) is 132 Å². The van der Waals surface area contributed by atoms with Crippen LogP contribution in [0.2, 0.25) is 0 Å². The van der Waals surface area contributed by atoms with E-state index < -0.39 is 20.0 Å². The van der Waals surface area contributed by atoms with Crippen LogP contribution in [0.5, 0.6) is 0 Å². The molecule has 0 atom stereocenters. The second kappa shape index (κ2) is 30.0. The Bertz CT molecular complexity index is 4360. The molecule has 0 bridgehead atoms. The van der Waals surface area contributed by atoms with E-state index in [1.54, 1.807) is 28.5 Å². The van der Waals surface area contributed by atoms with Crippen LogP contribution in [0, 0.1) is 11.7 Å². The molecule has 3 amide bonds. The Balaban J connectivity index is 0.000000121. The van der Waals surface area contributed by atoms with Crippen molar-refractivity contribution in [1.29, 1.82) is 0 Å². The lowest BCUT2D eigenvalue weighted by Crippen LogP contribution is -2.48. The molecule has 5 saturated heterocycles. The summed E-state index contributed by atoms with van der Waals surface area (Å²) in [6.45, 7) is 19.3. The van der Waals surface area contributed by atoms with Crippen LogP contribution in [0.1, 0.15) is 76.3 Å². The highest BCUT2D eigenvalue weighted by Crippen LogP contribution is 2.36. The van der Waals surface area contributed by atoms with Crippen LogP contribution in [0.25, 0.3) is 54.5 Å². The monoisotopic (exact) mass is 1330 g/mol. The number of likely N-dealkylation sites (tertiary alicyclic amines) is 1. The standard InChI is InChI=1S/C17H22N2O.C14H16FN3O.C14H17N3O.C14H18N2O2S.C13H17N3O2S/c1-12(2)17(20)19-9-7-13(8-10-19)15-11-18-16-6-4-3-5-14(15)16;1-10(19)17-4-6-18(7-5-17)14-9-16-13-8-11(15)2-3-12(13)14;1-11(18)16-6-8-17(9-7-16)14-10-15-13-5-3-2-4-12(13)14;1-19(17,18)16-8-6-11(7-9-16)13-10-15-14-5-3-2-4-12(13)14;1-19(17,18)16-8-6-15(7-9-16)13-10-14-12-5-3-2-4-11(12)13/h3-6,11-13,18H,7-10H2,1-2H3;2-3,8-9,16H,4-7H2,1H3;2-5,10,15H,6-9H2,1H3;2-5,10-11,15H,6-9H2,1H3;2-5,10,14H,6-9H2,1H3. The number of carbonyl (C=O) groups excluding carboxylic acids is 3. The Morgan fingerprint density at radius 2 is 0.726 bits per heavy atom. The maximum absolute atomic E-state index is 13.2. The summed E-state index contributed by atoms with van der Waals surface area (Å²) in [7, 11) is -6.10. The fraction of sp³-hybridized carbons (Fsp3) is 0.403. The second-order valence-corrected chi connectivity index (χ2v) is 29.7. The number of nitrogens with zero attached hydrogens (tertiary/aromatic N) is 8. The first-order chi connectivity index (χ1) is 45.7. The van der Waals surface area contributed by atoms with Crippen LogP contribution in [0.4, 0.5) is 21.5 Å². The summed E-state index contributed by atoms with van der Waals surface area (Å²) in [4.78, 5) is 63.5. The number of rotatable bonds is 8. The van der Waals surface area contributed by atoms with Crippen molar-refractivity contribution in [3.8, 4) is 0 Å². The van der Waals surface area contributed by atoms with Gasteiger partial charge < -0.3 is 54.3 Å². The van der Waals surface area contributed by atoms with Gasteiger partial charge in [-0.15, -0.1) is 0 Å². The molecule has 0 aliphatic carbocycles. The zero-order chi connectivity index (χ0) is 67.0. The van der Waals surface area contributed by atoms with Gasteiger partial charge in [0.05, 0.1) is 35.1 Å². The molecule has 0 saturated carbocycles. The van der Waals surface area contributed by atoms with Crippen LogP contribution in [-0.4, -0.2) is 200 Å². The molecule has 10 aromatic rings. The molecule has 0 radical (unpaired) electrons. The number of benzene rings is 5. The van der Waals surface area contributed by atoms with E-state index in [9.17, 15) is 35.6 Å². The number of piperidine rings is 2. The summed E-state index contributed by atoms with van der Waals surface area (Å²) in [5.74, 6) is 1.50. The van der Waals surface area contributed by atoms with E-state index in [1.165, 1.54) is 74.0 Å². The highest BCUT2D eigenvalue weighted by molar-refractivity contribution is 7.88. The normalized spacial score (nSPS) is 17.3. The van der Waals surface area contributed by atoms with Crippen molar-refractivity contribution in [2.24, 2.45) is 5.92 Å². The molecule has 0 unspecified atom stereocenters. The number of amides is 3. The van der Waals surface area contributed by atoms with Gasteiger partial charge in [-0.25, -0.2) is 25.5 Å². The number of sulfonamides is 2. The number of aromatic nitrogens is 5. The molecule has 5 aliphatic heterocycles. The Labute approximate surface area is 556 Å². The minimum atomic E-state index is -3.06. The lowest BCUT2D eigenvalue weighted by atomic mass is 9.89. The maximum atomic E-state index is 13.2. The largest absolute Gasteiger partial charge is 0.367 e. The summed E-state index contributed by atoms with van der Waals surface area (Å²) in [5.41, 5.74) is 11.7. The molecule has 95 heavy (non-hydrogen) atoms. The Hall–Kier alpha value is -8.64. The lowest BCUT2D eigenvalue weighted by molar-refractivity contribution is -0.135. The molecular formula is C72H90FN13O7S2. The SMILES string of the molecule is CC(=O)N1CCN(c2c[nH]c3cc(F)ccc23)CC1.CC(=O)N1CCN(c2c[nH]c3ccccc23)CC1.CC(C)C(=O)N1CCC(c2c[nH]c3ccccc23)CC1.CS(=O)(=O)N1CCC(c2c[nH]c3ccccc23)CC1.CS(=O)(=O)N1CCN(c2c[nH]c3ccccc23)CC1. The van der Waals surface area contributed by atoms with Crippen molar-refractivity contribution in [2.45, 2.75) is 65.2 Å². The van der Waals surface area contributed by atoms with E-state index in [2.05, 4.69) is 119 Å². The highest BCUT2D eigenvalue weighted by Gasteiger charge is 2.30. The van der Waals surface area contributed by atoms with Gasteiger partial charge in [0.25, 0.3) is 0 Å². The van der Waals surface area contributed by atoms with Gasteiger partial charge in [-0.05, 0) is 91.1 Å². The molecule has 5 aromatic heterocycles. The summed E-state index contributed by atoms with van der Waals surface area (Å²) < 4.78 is 62.3. The molecular weight excluding hydrogens is 1240 g/mol. The Morgan fingerprint density at radius 1 is 0.400 bits per heavy atom. The average molecular weight is 1330 g/mol. The van der Waals surface area contributed by atoms with Crippen molar-refractivity contribution in [1.82, 2.24) is 48.2 Å². The van der Waals surface area contributed by atoms with E-state index in [0.717, 1.165) is 138 Å². The number of hydrogen-bond donors (Lipinski definition) is 5. The average Bonchev–Trinajstić information content (AvgIpc) is 1.98. The molecule has 5 aromatic carbocycles. The van der Waals surface area contributed by atoms with Crippen LogP contribution in [0.15, 0.2) is 146 Å². The molecule has 504 valence electrons. The fourth-order valence-electron chi connectivity index (χ4n) is 13.9. The van der Waals surface area contributed by atoms with Crippen LogP contribution < -0.4 is 14.7 Å². The summed E-state index contributed by atoms with van der Waals surface area (Å²) in [5, 5.41) is 6.07. The van der Waals surface area contributed by atoms with E-state index in [4.69, 9.17) is 0 Å². The van der Waals surface area contributed by atoms with Gasteiger partial charge in [0.15, 0.2) is 0 Å². The first-order valence-electron chi connectivity index (χ1n) is 33.1. The van der Waals surface area contributed by atoms with Gasteiger partial charge in [-0.1, -0.05) is 86.6 Å². The predicted molar refractivity (Wildman–Crippen MR) is 381 cm³/mol. The zero-order valence-corrected chi connectivity index (χ0v) is 57.0. The van der Waals surface area contributed by atoms with Gasteiger partial charge in [0.1, 0.15) is 5.82 Å². The van der Waals surface area contributed by atoms with Gasteiger partial charge >= 0.3 is 0 Å². The number of hydrogen-bond acceptors (Lipinski definition) is 10. The third-order valence-electron chi connectivity index (χ3n) is 19.3. The van der Waals surface area contributed by atoms with Crippen molar-refractivity contribution in [3.63, 3.8) is 0 Å². The molecule has 15 rings (SSSR count). The second-order valence-electron chi connectivity index (χ2n) is 25.7. The zero-order valence-electron chi connectivity index (χ0n) is 55.4. The number of fused-ring (bicyclic) bond motifs is 5. The van der Waals surface area contributed by atoms with Gasteiger partial charge in [0, 0.05) is 204 Å². The van der Waals surface area contributed by atoms with E-state index in [-0.39, 0.29) is 23.5 Å². The number of H-pyrrole nitrogens is 5. The predicted octanol–water partition coefficient (Wildman–Crippen LogP) is 10.9. The highest BCUT2D eigenvalue weighted by atomic mass is 32.2. The van der Waals surface area contributed by atoms with E-state index in [0.29, 0.717) is 43.9 Å². The molecule has 5 aliphatic rings. The first-order valence-corrected chi connectivity index (χ1v) is 36.8. The molecule has 5 N–H and O–H groups in total. The third kappa shape index (κ3) is 16.2. The van der Waals surface area contributed by atoms with Crippen LogP contribution in [-0.2, 0) is 34.4 Å². The smallest absolute Gasteiger partial charge is 0.225 e. The lowest BCUT2D eigenvalue weighted by Gasteiger charge is -2.35. The topological polar surface area (TPSA) is 224 Å². The number of para-hydroxylation sites is 4. The number of nitrogens with one attached hydrogen (secondary N) is 5. The molecule has 0 spiro atoms. The Morgan fingerprint density at radius 3 is 1.12 bits per heavy atom. The molecule has 5 fully saturated rings. The molecule has 10 heterocycles. The van der Waals surface area contributed by atoms with Crippen LogP contribution >= 0.6 is 0 Å². The molecule has 20 nitrogen and oxygen atoms in total. The minimum Gasteiger partial charge on any atom is -0.367 e. The quantitative estimate of drug-likeness (QED) is 0.0967. The van der Waals surface area contributed by atoms with Gasteiger partial charge in [-0.2, -0.15) is 4.31 Å². The number of piperazine rings is 3. The third-order valence-corrected chi connectivity index (χ3v) is 21.9. The van der Waals surface area contributed by atoms with Gasteiger partial charge in [-0.3, -0.25) is 14.4 Å². The first kappa shape index (κ1) is 67.8. The summed E-state index contributed by atoms with van der Waals surface area (Å²) in [6, 6.07) is 38.0. The van der Waals surface area contributed by atoms with Crippen molar-refractivity contribution >= 4 is 109 Å². The number of halogens is 1. The summed E-state index contributed by atoms with van der Waals surface area (Å²) in [6.07, 6.45) is 16.7. The van der Waals surface area contributed by atoms with Crippen LogP contribution in [0.3, 0.4) is 0 Å². The number of aromatic amines is 5. The summed E-state index contributed by atoms with van der Waals surface area (Å²) >= 11 is 0. The van der Waals surface area contributed by atoms with Gasteiger partial charge in [0.2, 0.25) is 37.8 Å². The number of anilines is 3. The maximum Gasteiger partial charge on any atom is 0.225 e.